The summed E-state index contributed by atoms with van der Waals surface area (Å²) in [7, 11) is 3.08. The standard InChI is InChI=1S/C56H87NO15/c1-33-17-13-12-14-18-34(2)46(68-10)29-42-22-20-39(7)56(67,72-42)51(63)52(64)57-24-16-15-19-43(57)53(65)70-47(30-44(60)35(3)26-38(6)50(62)40(8)49(61)37(5)25-33)36(4)27-41-21-23-45(48(28-41)69-11)71-54(66)55(9,31-58)32-59/h12-14,17-18,26,33,35-37,39-43,45-48,50,58-59,62,67H,15-16,19-25,27-32H2,1-11H3/b14-12?,17-13+,34-18?,38-26+/t33-,35-,36-,37-,39-,40+,41+,42+,43+,45-,46+,47+,48-,50-,56-/m1/s1. The summed E-state index contributed by atoms with van der Waals surface area (Å²) < 4.78 is 29.9. The zero-order chi connectivity index (χ0) is 53.7. The first-order valence-electron chi connectivity index (χ1n) is 26.3. The first-order valence-corrected chi connectivity index (χ1v) is 26.3. The second kappa shape index (κ2) is 27.6. The number of piperidine rings is 1. The van der Waals surface area contributed by atoms with Gasteiger partial charge in [-0.15, -0.1) is 0 Å². The van der Waals surface area contributed by atoms with E-state index in [2.05, 4.69) is 0 Å². The normalized spacial score (nSPS) is 36.6. The summed E-state index contributed by atoms with van der Waals surface area (Å²) in [6.45, 7) is 14.7. The molecule has 1 aliphatic carbocycles. The number of carbonyl (C=O) groups excluding carboxylic acids is 6. The monoisotopic (exact) mass is 1010 g/mol. The largest absolute Gasteiger partial charge is 0.460 e. The van der Waals surface area contributed by atoms with E-state index in [9.17, 15) is 49.2 Å². The van der Waals surface area contributed by atoms with Crippen molar-refractivity contribution in [2.45, 2.75) is 188 Å². The number of hydrogen-bond acceptors (Lipinski definition) is 15. The van der Waals surface area contributed by atoms with E-state index in [0.717, 1.165) is 5.57 Å². The van der Waals surface area contributed by atoms with Crippen LogP contribution in [0.2, 0.25) is 0 Å². The zero-order valence-corrected chi connectivity index (χ0v) is 44.9. The second-order valence-corrected chi connectivity index (χ2v) is 22.0. The smallest absolute Gasteiger partial charge is 0.329 e. The lowest BCUT2D eigenvalue weighted by Crippen LogP contribution is -2.61. The van der Waals surface area contributed by atoms with Crippen LogP contribution >= 0.6 is 0 Å². The van der Waals surface area contributed by atoms with E-state index < -0.39 is 114 Å². The van der Waals surface area contributed by atoms with Crippen LogP contribution in [0.3, 0.4) is 0 Å². The van der Waals surface area contributed by atoms with Crippen LogP contribution in [0.25, 0.3) is 0 Å². The number of amides is 1. The van der Waals surface area contributed by atoms with Gasteiger partial charge in [0.2, 0.25) is 5.79 Å². The Bertz CT molecular complexity index is 1990. The Hall–Kier alpha value is -3.90. The van der Waals surface area contributed by atoms with E-state index in [1.54, 1.807) is 40.9 Å². The highest BCUT2D eigenvalue weighted by atomic mass is 16.6. The molecule has 3 heterocycles. The highest BCUT2D eigenvalue weighted by Crippen LogP contribution is 2.38. The Morgan fingerprint density at radius 1 is 0.875 bits per heavy atom. The summed E-state index contributed by atoms with van der Waals surface area (Å²) in [5, 5.41) is 43.0. The number of esters is 2. The molecular weight excluding hydrogens is 927 g/mol. The molecule has 0 aromatic rings. The number of nitrogens with zero attached hydrogens (tertiary/aromatic N) is 1. The van der Waals surface area contributed by atoms with Gasteiger partial charge in [-0.2, -0.15) is 0 Å². The van der Waals surface area contributed by atoms with Gasteiger partial charge >= 0.3 is 11.9 Å². The molecule has 2 bridgehead atoms. The van der Waals surface area contributed by atoms with Gasteiger partial charge in [0.1, 0.15) is 35.2 Å². The molecule has 4 aliphatic rings. The molecule has 3 fully saturated rings. The summed E-state index contributed by atoms with van der Waals surface area (Å²) >= 11 is 0. The predicted molar refractivity (Wildman–Crippen MR) is 270 cm³/mol. The van der Waals surface area contributed by atoms with Crippen molar-refractivity contribution in [1.82, 2.24) is 4.90 Å². The first kappa shape index (κ1) is 60.7. The van der Waals surface area contributed by atoms with E-state index in [1.807, 2.05) is 58.1 Å². The third-order valence-corrected chi connectivity index (χ3v) is 16.0. The van der Waals surface area contributed by atoms with Gasteiger partial charge in [-0.3, -0.25) is 24.0 Å². The third kappa shape index (κ3) is 15.6. The van der Waals surface area contributed by atoms with Crippen LogP contribution in [0.15, 0.2) is 47.6 Å². The molecule has 3 aliphatic heterocycles. The number of aliphatic hydroxyl groups excluding tert-OH is 3. The second-order valence-electron chi connectivity index (χ2n) is 22.0. The summed E-state index contributed by atoms with van der Waals surface area (Å²) in [5.74, 6) is -9.57. The molecule has 16 heteroatoms. The summed E-state index contributed by atoms with van der Waals surface area (Å²) in [5.41, 5.74) is -0.151. The van der Waals surface area contributed by atoms with Crippen molar-refractivity contribution in [3.63, 3.8) is 0 Å². The van der Waals surface area contributed by atoms with Crippen molar-refractivity contribution >= 4 is 35.2 Å². The summed E-state index contributed by atoms with van der Waals surface area (Å²) in [6.07, 6.45) is 11.6. The number of methoxy groups -OCH3 is 2. The number of aliphatic hydroxyl groups is 4. The lowest BCUT2D eigenvalue weighted by Gasteiger charge is -2.42. The lowest BCUT2D eigenvalue weighted by molar-refractivity contribution is -0.265. The van der Waals surface area contributed by atoms with E-state index in [1.165, 1.54) is 18.9 Å². The van der Waals surface area contributed by atoms with Crippen LogP contribution in [0.4, 0.5) is 0 Å². The van der Waals surface area contributed by atoms with Gasteiger partial charge in [-0.1, -0.05) is 78.0 Å². The molecule has 0 aromatic heterocycles. The molecule has 15 atom stereocenters. The van der Waals surface area contributed by atoms with Crippen LogP contribution in [0, 0.1) is 46.8 Å². The molecule has 16 nitrogen and oxygen atoms in total. The Kier molecular flexibility index (Phi) is 23.2. The van der Waals surface area contributed by atoms with Gasteiger partial charge in [-0.25, -0.2) is 4.79 Å². The minimum Gasteiger partial charge on any atom is -0.460 e. The zero-order valence-electron chi connectivity index (χ0n) is 44.9. The van der Waals surface area contributed by atoms with Gasteiger partial charge in [0.15, 0.2) is 0 Å². The van der Waals surface area contributed by atoms with E-state index in [-0.39, 0.29) is 48.7 Å². The van der Waals surface area contributed by atoms with Crippen molar-refractivity contribution in [2.24, 2.45) is 46.8 Å². The van der Waals surface area contributed by atoms with Crippen LogP contribution in [0.1, 0.15) is 139 Å². The lowest BCUT2D eigenvalue weighted by atomic mass is 9.78. The number of fused-ring (bicyclic) bond motifs is 3. The molecule has 0 aromatic carbocycles. The minimum atomic E-state index is -2.46. The Labute approximate surface area is 428 Å². The van der Waals surface area contributed by atoms with Gasteiger partial charge < -0.3 is 49.0 Å². The van der Waals surface area contributed by atoms with Crippen molar-refractivity contribution in [2.75, 3.05) is 34.0 Å². The number of carbonyl (C=O) groups is 6. The average molecular weight is 1010 g/mol. The van der Waals surface area contributed by atoms with Crippen LogP contribution in [-0.4, -0.2) is 143 Å². The summed E-state index contributed by atoms with van der Waals surface area (Å²) in [4.78, 5) is 85.2. The molecule has 1 saturated carbocycles. The number of Topliss-reactive ketones (excluding diaryl/α,β-unsaturated/α-hetero) is 3. The maximum Gasteiger partial charge on any atom is 0.329 e. The number of ether oxygens (including phenoxy) is 5. The Morgan fingerprint density at radius 3 is 2.22 bits per heavy atom. The molecular formula is C56H87NO15. The van der Waals surface area contributed by atoms with E-state index >= 15 is 0 Å². The fourth-order valence-corrected chi connectivity index (χ4v) is 10.8. The maximum absolute atomic E-state index is 14.5. The van der Waals surface area contributed by atoms with E-state index in [4.69, 9.17) is 23.7 Å². The number of allylic oxidation sites excluding steroid dienone is 6. The molecule has 2 saturated heterocycles. The van der Waals surface area contributed by atoms with Crippen LogP contribution in [-0.2, 0) is 52.5 Å². The molecule has 406 valence electrons. The van der Waals surface area contributed by atoms with Crippen molar-refractivity contribution < 1.29 is 72.9 Å². The van der Waals surface area contributed by atoms with E-state index in [0.29, 0.717) is 69.8 Å². The topological polar surface area (TPSA) is 233 Å². The number of hydrogen-bond donors (Lipinski definition) is 4. The number of ketones is 3. The number of cyclic esters (lactones) is 1. The highest BCUT2D eigenvalue weighted by molar-refractivity contribution is 6.39. The predicted octanol–water partition coefficient (Wildman–Crippen LogP) is 6.34. The molecule has 4 N–H and O–H groups in total. The van der Waals surface area contributed by atoms with Gasteiger partial charge in [-0.05, 0) is 114 Å². The van der Waals surface area contributed by atoms with Crippen molar-refractivity contribution in [1.29, 1.82) is 0 Å². The molecule has 0 unspecified atom stereocenters. The SMILES string of the molecule is CO[C@H]1C[C@@H]2CC[C@@H](C)[C@@](O)(O2)C(=O)C(=O)N2CCCC[C@H]2C(=O)O[C@H]([C@H](C)C[C@@H]2CC[C@@H](OC(=O)C(C)(CO)CO)[C@H](OC)C2)CC(=O)[C@H](C)/C=C(\C)[C@@H](O)[C@@H](C)C(=O)[C@H](C)C[C@H](C)/C=C/C=CC=C1C. The quantitative estimate of drug-likeness (QED) is 0.112. The van der Waals surface area contributed by atoms with Gasteiger partial charge in [0, 0.05) is 57.3 Å². The highest BCUT2D eigenvalue weighted by Gasteiger charge is 2.53. The average Bonchev–Trinajstić information content (AvgIpc) is 3.36. The maximum atomic E-state index is 14.5. The third-order valence-electron chi connectivity index (χ3n) is 16.0. The fourth-order valence-electron chi connectivity index (χ4n) is 10.8. The van der Waals surface area contributed by atoms with Crippen molar-refractivity contribution in [3.8, 4) is 0 Å². The molecule has 4 rings (SSSR count). The van der Waals surface area contributed by atoms with Crippen LogP contribution in [0.5, 0.6) is 0 Å². The van der Waals surface area contributed by atoms with Gasteiger partial charge in [0.25, 0.3) is 11.7 Å². The van der Waals surface area contributed by atoms with Crippen molar-refractivity contribution in [3.05, 3.63) is 47.6 Å². The first-order chi connectivity index (χ1) is 33.9. The minimum absolute atomic E-state index is 0.0242. The molecule has 1 amide bonds. The summed E-state index contributed by atoms with van der Waals surface area (Å²) in [6, 6.07) is -1.19. The Balaban J connectivity index is 1.68. The Morgan fingerprint density at radius 2 is 1.57 bits per heavy atom. The molecule has 0 spiro atoms. The molecule has 0 radical (unpaired) electrons. The number of rotatable bonds is 9. The fraction of sp³-hybridized carbons (Fsp3) is 0.750. The molecule has 72 heavy (non-hydrogen) atoms. The van der Waals surface area contributed by atoms with Gasteiger partial charge in [0.05, 0.1) is 37.6 Å². The van der Waals surface area contributed by atoms with Crippen LogP contribution < -0.4 is 0 Å².